The SMILES string of the molecule is COCC(C)N(C)c1nc(C2CC2)c(CNC(C)C)s1. The molecule has 20 heavy (non-hydrogen) atoms. The second-order valence-electron chi connectivity index (χ2n) is 6.03. The van der Waals surface area contributed by atoms with E-state index in [4.69, 9.17) is 9.72 Å². The number of aromatic nitrogens is 1. The summed E-state index contributed by atoms with van der Waals surface area (Å²) in [5.41, 5.74) is 1.33. The number of likely N-dealkylation sites (N-methyl/N-ethyl adjacent to an activating group) is 1. The number of nitrogens with one attached hydrogen (secondary N) is 1. The Bertz CT molecular complexity index is 429. The highest BCUT2D eigenvalue weighted by atomic mass is 32.1. The van der Waals surface area contributed by atoms with Crippen molar-refractivity contribution in [2.75, 3.05) is 25.7 Å². The van der Waals surface area contributed by atoms with Crippen molar-refractivity contribution in [3.8, 4) is 0 Å². The van der Waals surface area contributed by atoms with Crippen molar-refractivity contribution in [3.63, 3.8) is 0 Å². The standard InChI is InChI=1S/C15H27N3OS/c1-10(2)16-8-13-14(12-6-7-12)17-15(20-13)18(4)11(3)9-19-5/h10-12,16H,6-9H2,1-5H3. The molecule has 1 unspecified atom stereocenters. The summed E-state index contributed by atoms with van der Waals surface area (Å²) in [6.45, 7) is 8.22. The molecule has 0 aliphatic heterocycles. The molecule has 1 aliphatic rings. The van der Waals surface area contributed by atoms with E-state index >= 15 is 0 Å². The molecule has 1 heterocycles. The molecule has 0 spiro atoms. The largest absolute Gasteiger partial charge is 0.383 e. The highest BCUT2D eigenvalue weighted by Gasteiger charge is 2.30. The van der Waals surface area contributed by atoms with Crippen LogP contribution in [-0.4, -0.2) is 37.8 Å². The maximum atomic E-state index is 5.24. The quantitative estimate of drug-likeness (QED) is 0.800. The summed E-state index contributed by atoms with van der Waals surface area (Å²) in [7, 11) is 3.86. The van der Waals surface area contributed by atoms with Crippen LogP contribution in [-0.2, 0) is 11.3 Å². The van der Waals surface area contributed by atoms with Gasteiger partial charge in [-0.05, 0) is 19.8 Å². The third kappa shape index (κ3) is 3.93. The number of thiazole rings is 1. The second-order valence-corrected chi connectivity index (χ2v) is 7.09. The molecule has 1 N–H and O–H groups in total. The van der Waals surface area contributed by atoms with E-state index in [1.54, 1.807) is 7.11 Å². The van der Waals surface area contributed by atoms with Gasteiger partial charge in [-0.3, -0.25) is 0 Å². The number of hydrogen-bond donors (Lipinski definition) is 1. The van der Waals surface area contributed by atoms with Crippen LogP contribution in [0.15, 0.2) is 0 Å². The van der Waals surface area contributed by atoms with Gasteiger partial charge >= 0.3 is 0 Å². The lowest BCUT2D eigenvalue weighted by Crippen LogP contribution is -2.32. The van der Waals surface area contributed by atoms with Crippen LogP contribution in [0, 0.1) is 0 Å². The number of hydrogen-bond acceptors (Lipinski definition) is 5. The van der Waals surface area contributed by atoms with Crippen molar-refractivity contribution < 1.29 is 4.74 Å². The van der Waals surface area contributed by atoms with Gasteiger partial charge in [0.1, 0.15) is 0 Å². The fourth-order valence-corrected chi connectivity index (χ4v) is 3.30. The molecule has 1 aromatic rings. The Morgan fingerprint density at radius 1 is 1.40 bits per heavy atom. The summed E-state index contributed by atoms with van der Waals surface area (Å²) in [5, 5.41) is 4.64. The maximum absolute atomic E-state index is 5.24. The Labute approximate surface area is 126 Å². The number of anilines is 1. The topological polar surface area (TPSA) is 37.4 Å². The van der Waals surface area contributed by atoms with Crippen LogP contribution in [0.2, 0.25) is 0 Å². The van der Waals surface area contributed by atoms with Gasteiger partial charge in [0.15, 0.2) is 5.13 Å². The van der Waals surface area contributed by atoms with Crippen molar-refractivity contribution in [3.05, 3.63) is 10.6 Å². The minimum Gasteiger partial charge on any atom is -0.383 e. The summed E-state index contributed by atoms with van der Waals surface area (Å²) in [5.74, 6) is 0.704. The Balaban J connectivity index is 2.11. The van der Waals surface area contributed by atoms with Crippen molar-refractivity contribution >= 4 is 16.5 Å². The average molecular weight is 297 g/mol. The first-order valence-corrected chi connectivity index (χ1v) is 8.29. The lowest BCUT2D eigenvalue weighted by molar-refractivity contribution is 0.183. The molecule has 114 valence electrons. The number of nitrogens with zero attached hydrogens (tertiary/aromatic N) is 2. The minimum atomic E-state index is 0.351. The van der Waals surface area contributed by atoms with Crippen LogP contribution in [0.25, 0.3) is 0 Å². The molecule has 0 bridgehead atoms. The molecule has 2 rings (SSSR count). The lowest BCUT2D eigenvalue weighted by atomic mass is 10.2. The predicted octanol–water partition coefficient (Wildman–Crippen LogP) is 2.99. The zero-order valence-corrected chi connectivity index (χ0v) is 14.1. The van der Waals surface area contributed by atoms with Crippen LogP contribution in [0.5, 0.6) is 0 Å². The first-order chi connectivity index (χ1) is 9.52. The monoisotopic (exact) mass is 297 g/mol. The van der Waals surface area contributed by atoms with E-state index in [0.29, 0.717) is 18.0 Å². The highest BCUT2D eigenvalue weighted by Crippen LogP contribution is 2.44. The molecule has 1 aromatic heterocycles. The third-order valence-electron chi connectivity index (χ3n) is 3.72. The van der Waals surface area contributed by atoms with Gasteiger partial charge in [0, 0.05) is 37.5 Å². The number of methoxy groups -OCH3 is 1. The van der Waals surface area contributed by atoms with Crippen LogP contribution in [0.1, 0.15) is 50.1 Å². The molecule has 0 radical (unpaired) electrons. The lowest BCUT2D eigenvalue weighted by Gasteiger charge is -2.23. The van der Waals surface area contributed by atoms with Gasteiger partial charge < -0.3 is 15.0 Å². The van der Waals surface area contributed by atoms with Gasteiger partial charge in [0.05, 0.1) is 18.3 Å². The van der Waals surface area contributed by atoms with Crippen LogP contribution < -0.4 is 10.2 Å². The van der Waals surface area contributed by atoms with Crippen LogP contribution in [0.4, 0.5) is 5.13 Å². The Morgan fingerprint density at radius 3 is 2.65 bits per heavy atom. The van der Waals surface area contributed by atoms with Gasteiger partial charge in [0.25, 0.3) is 0 Å². The zero-order chi connectivity index (χ0) is 14.7. The van der Waals surface area contributed by atoms with E-state index in [0.717, 1.165) is 18.3 Å². The van der Waals surface area contributed by atoms with E-state index in [-0.39, 0.29) is 0 Å². The summed E-state index contributed by atoms with van der Waals surface area (Å²) in [4.78, 5) is 8.55. The molecule has 5 heteroatoms. The molecule has 1 atom stereocenters. The maximum Gasteiger partial charge on any atom is 0.185 e. The zero-order valence-electron chi connectivity index (χ0n) is 13.3. The number of rotatable bonds is 8. The Kier molecular flexibility index (Phi) is 5.41. The molecule has 1 aliphatic carbocycles. The summed E-state index contributed by atoms with van der Waals surface area (Å²) < 4.78 is 5.24. The van der Waals surface area contributed by atoms with Crippen molar-refractivity contribution in [1.29, 1.82) is 0 Å². The van der Waals surface area contributed by atoms with E-state index in [1.807, 2.05) is 11.3 Å². The molecule has 4 nitrogen and oxygen atoms in total. The summed E-state index contributed by atoms with van der Waals surface area (Å²) in [6, 6.07) is 0.863. The molecule has 0 aromatic carbocycles. The molecule has 0 saturated heterocycles. The van der Waals surface area contributed by atoms with Crippen molar-refractivity contribution in [1.82, 2.24) is 10.3 Å². The first-order valence-electron chi connectivity index (χ1n) is 7.47. The smallest absolute Gasteiger partial charge is 0.185 e. The van der Waals surface area contributed by atoms with Crippen LogP contribution in [0.3, 0.4) is 0 Å². The Morgan fingerprint density at radius 2 is 2.10 bits per heavy atom. The molecular weight excluding hydrogens is 270 g/mol. The van der Waals surface area contributed by atoms with E-state index in [9.17, 15) is 0 Å². The third-order valence-corrected chi connectivity index (χ3v) is 4.88. The van der Waals surface area contributed by atoms with E-state index in [1.165, 1.54) is 23.4 Å². The fraction of sp³-hybridized carbons (Fsp3) is 0.800. The second kappa shape index (κ2) is 6.87. The van der Waals surface area contributed by atoms with E-state index < -0.39 is 0 Å². The van der Waals surface area contributed by atoms with Crippen molar-refractivity contribution in [2.45, 2.75) is 58.2 Å². The predicted molar refractivity (Wildman–Crippen MR) is 85.8 cm³/mol. The van der Waals surface area contributed by atoms with E-state index in [2.05, 4.69) is 38.0 Å². The first kappa shape index (κ1) is 15.7. The van der Waals surface area contributed by atoms with Gasteiger partial charge in [-0.2, -0.15) is 0 Å². The molecule has 0 amide bonds. The fourth-order valence-electron chi connectivity index (χ4n) is 2.14. The van der Waals surface area contributed by atoms with Gasteiger partial charge in [-0.15, -0.1) is 11.3 Å². The number of ether oxygens (including phenoxy) is 1. The van der Waals surface area contributed by atoms with Gasteiger partial charge in [-0.1, -0.05) is 13.8 Å². The minimum absolute atomic E-state index is 0.351. The summed E-state index contributed by atoms with van der Waals surface area (Å²) >= 11 is 1.83. The van der Waals surface area contributed by atoms with Crippen molar-refractivity contribution in [2.24, 2.45) is 0 Å². The van der Waals surface area contributed by atoms with Gasteiger partial charge in [0.2, 0.25) is 0 Å². The molecule has 1 saturated carbocycles. The van der Waals surface area contributed by atoms with Gasteiger partial charge in [-0.25, -0.2) is 4.98 Å². The molecule has 1 fully saturated rings. The Hall–Kier alpha value is -0.650. The normalized spacial score (nSPS) is 16.7. The average Bonchev–Trinajstić information content (AvgIpc) is 3.16. The summed E-state index contributed by atoms with van der Waals surface area (Å²) in [6.07, 6.45) is 2.60. The molecular formula is C15H27N3OS. The van der Waals surface area contributed by atoms with Crippen LogP contribution >= 0.6 is 11.3 Å². The highest BCUT2D eigenvalue weighted by molar-refractivity contribution is 7.15.